The monoisotopic (exact) mass is 387 g/mol. The maximum atomic E-state index is 2.32. The number of rotatable bonds is 3. The first-order chi connectivity index (χ1) is 13.3. The number of benzene rings is 3. The van der Waals surface area contributed by atoms with E-state index in [4.69, 9.17) is 0 Å². The molecule has 0 atom stereocenters. The highest BCUT2D eigenvalue weighted by Gasteiger charge is 2.17. The third-order valence-electron chi connectivity index (χ3n) is 5.64. The number of thiophene rings is 1. The van der Waals surface area contributed by atoms with Crippen molar-refractivity contribution in [2.75, 3.05) is 11.9 Å². The number of fused-ring (bicyclic) bond motifs is 3. The molecule has 4 rings (SSSR count). The second-order valence-corrected chi connectivity index (χ2v) is 10.0. The fourth-order valence-electron chi connectivity index (χ4n) is 3.87. The lowest BCUT2D eigenvalue weighted by Gasteiger charge is -2.23. The molecule has 0 aliphatic heterocycles. The molecule has 0 radical (unpaired) electrons. The van der Waals surface area contributed by atoms with Crippen molar-refractivity contribution >= 4 is 42.9 Å². The average molecular weight is 388 g/mol. The molecule has 0 N–H and O–H groups in total. The molecule has 0 aliphatic carbocycles. The second-order valence-electron chi connectivity index (χ2n) is 8.99. The lowest BCUT2D eigenvalue weighted by molar-refractivity contribution is 0.590. The van der Waals surface area contributed by atoms with Gasteiger partial charge in [0.2, 0.25) is 0 Å². The second kappa shape index (κ2) is 6.93. The van der Waals surface area contributed by atoms with Gasteiger partial charge in [0.25, 0.3) is 0 Å². The molecule has 1 aromatic heterocycles. The lowest BCUT2D eigenvalue weighted by atomic mass is 9.87. The van der Waals surface area contributed by atoms with E-state index >= 15 is 0 Å². The van der Waals surface area contributed by atoms with E-state index in [0.717, 1.165) is 0 Å². The molecule has 4 aromatic rings. The van der Waals surface area contributed by atoms with Crippen LogP contribution < -0.4 is 4.90 Å². The molecule has 0 saturated heterocycles. The number of nitrogens with zero attached hydrogens (tertiary/aromatic N) is 1. The summed E-state index contributed by atoms with van der Waals surface area (Å²) in [6.45, 7) is 11.3. The van der Waals surface area contributed by atoms with Crippen LogP contribution in [0.15, 0.2) is 60.7 Å². The molecule has 0 unspecified atom stereocenters. The van der Waals surface area contributed by atoms with Crippen molar-refractivity contribution in [1.29, 1.82) is 0 Å². The Hall–Kier alpha value is -2.32. The van der Waals surface area contributed by atoms with Crippen LogP contribution in [-0.4, -0.2) is 7.05 Å². The molecule has 0 fully saturated rings. The van der Waals surface area contributed by atoms with Crippen LogP contribution in [0.1, 0.15) is 51.7 Å². The maximum Gasteiger partial charge on any atom is 0.0592 e. The predicted octanol–water partition coefficient (Wildman–Crippen LogP) is 8.24. The summed E-state index contributed by atoms with van der Waals surface area (Å²) in [4.78, 5) is 2.32. The van der Waals surface area contributed by atoms with E-state index in [-0.39, 0.29) is 5.41 Å². The normalized spacial score (nSPS) is 12.2. The van der Waals surface area contributed by atoms with Crippen LogP contribution >= 0.6 is 11.3 Å². The van der Waals surface area contributed by atoms with Gasteiger partial charge >= 0.3 is 0 Å². The average Bonchev–Trinajstić information content (AvgIpc) is 3.05. The Morgan fingerprint density at radius 2 is 1.39 bits per heavy atom. The van der Waals surface area contributed by atoms with E-state index in [0.29, 0.717) is 5.92 Å². The lowest BCUT2D eigenvalue weighted by Crippen LogP contribution is -2.13. The van der Waals surface area contributed by atoms with Gasteiger partial charge in [0, 0.05) is 28.2 Å². The summed E-state index contributed by atoms with van der Waals surface area (Å²) in [5.41, 5.74) is 5.49. The summed E-state index contributed by atoms with van der Waals surface area (Å²) in [7, 11) is 2.18. The van der Waals surface area contributed by atoms with Gasteiger partial charge in [-0.25, -0.2) is 0 Å². The van der Waals surface area contributed by atoms with Gasteiger partial charge in [0.1, 0.15) is 0 Å². The van der Waals surface area contributed by atoms with Crippen LogP contribution in [0.3, 0.4) is 0 Å². The van der Waals surface area contributed by atoms with E-state index in [1.165, 1.54) is 42.7 Å². The Balaban J connectivity index is 1.84. The summed E-state index contributed by atoms with van der Waals surface area (Å²) >= 11 is 1.93. The van der Waals surface area contributed by atoms with Crippen molar-refractivity contribution in [2.45, 2.75) is 46.0 Å². The molecule has 2 heteroatoms. The topological polar surface area (TPSA) is 3.24 Å². The summed E-state index contributed by atoms with van der Waals surface area (Å²) in [6, 6.07) is 22.4. The standard InChI is InChI=1S/C26H29NS/c1-17(2)20-9-7-10-21-22-11-8-12-23(25(22)28-24(20)21)27(6)19-15-13-18(14-16-19)26(3,4)5/h7-17H,1-6H3. The smallest absolute Gasteiger partial charge is 0.0592 e. The van der Waals surface area contributed by atoms with Crippen molar-refractivity contribution in [3.63, 3.8) is 0 Å². The molecule has 1 heterocycles. The van der Waals surface area contributed by atoms with E-state index in [2.05, 4.69) is 107 Å². The van der Waals surface area contributed by atoms with E-state index in [1.54, 1.807) is 0 Å². The fraction of sp³-hybridized carbons (Fsp3) is 0.308. The molecule has 0 aliphatic rings. The highest BCUT2D eigenvalue weighted by Crippen LogP contribution is 2.43. The van der Waals surface area contributed by atoms with Crippen LogP contribution in [0.4, 0.5) is 11.4 Å². The molecular weight excluding hydrogens is 358 g/mol. The van der Waals surface area contributed by atoms with Crippen molar-refractivity contribution in [3.8, 4) is 0 Å². The van der Waals surface area contributed by atoms with E-state index < -0.39 is 0 Å². The minimum Gasteiger partial charge on any atom is -0.343 e. The first-order valence-electron chi connectivity index (χ1n) is 10.1. The molecule has 0 saturated carbocycles. The molecule has 0 spiro atoms. The molecule has 28 heavy (non-hydrogen) atoms. The molecule has 144 valence electrons. The Labute approximate surface area is 172 Å². The SMILES string of the molecule is CC(C)c1cccc2c1sc1c(N(C)c3ccc(C(C)(C)C)cc3)cccc12. The Kier molecular flexibility index (Phi) is 4.71. The number of hydrogen-bond donors (Lipinski definition) is 0. The van der Waals surface area contributed by atoms with Crippen LogP contribution in [0, 0.1) is 0 Å². The summed E-state index contributed by atoms with van der Waals surface area (Å²) < 4.78 is 2.80. The third kappa shape index (κ3) is 3.20. The third-order valence-corrected chi connectivity index (χ3v) is 6.93. The summed E-state index contributed by atoms with van der Waals surface area (Å²) in [5, 5.41) is 2.74. The van der Waals surface area contributed by atoms with Crippen molar-refractivity contribution in [1.82, 2.24) is 0 Å². The van der Waals surface area contributed by atoms with Gasteiger partial charge in [-0.3, -0.25) is 0 Å². The molecule has 3 aromatic carbocycles. The fourth-order valence-corrected chi connectivity index (χ4v) is 5.38. The Morgan fingerprint density at radius 3 is 2.00 bits per heavy atom. The minimum absolute atomic E-state index is 0.176. The zero-order valence-corrected chi connectivity index (χ0v) is 18.5. The molecular formula is C26H29NS. The van der Waals surface area contributed by atoms with Gasteiger partial charge in [0.15, 0.2) is 0 Å². The van der Waals surface area contributed by atoms with Gasteiger partial charge in [-0.15, -0.1) is 11.3 Å². The molecule has 0 bridgehead atoms. The van der Waals surface area contributed by atoms with E-state index in [9.17, 15) is 0 Å². The van der Waals surface area contributed by atoms with E-state index in [1.807, 2.05) is 11.3 Å². The van der Waals surface area contributed by atoms with Crippen molar-refractivity contribution in [2.24, 2.45) is 0 Å². The van der Waals surface area contributed by atoms with Gasteiger partial charge in [-0.2, -0.15) is 0 Å². The Morgan fingerprint density at radius 1 is 0.786 bits per heavy atom. The largest absolute Gasteiger partial charge is 0.343 e. The molecule has 0 amide bonds. The van der Waals surface area contributed by atoms with Crippen molar-refractivity contribution in [3.05, 3.63) is 71.8 Å². The Bertz CT molecular complexity index is 1130. The predicted molar refractivity (Wildman–Crippen MR) is 127 cm³/mol. The van der Waals surface area contributed by atoms with Crippen molar-refractivity contribution < 1.29 is 0 Å². The number of hydrogen-bond acceptors (Lipinski definition) is 2. The molecule has 1 nitrogen and oxygen atoms in total. The quantitative estimate of drug-likeness (QED) is 0.342. The highest BCUT2D eigenvalue weighted by atomic mass is 32.1. The van der Waals surface area contributed by atoms with Crippen LogP contribution in [0.25, 0.3) is 20.2 Å². The first kappa shape index (κ1) is 19.0. The number of anilines is 2. The van der Waals surface area contributed by atoms with Crippen LogP contribution in [0.2, 0.25) is 0 Å². The highest BCUT2D eigenvalue weighted by molar-refractivity contribution is 7.26. The zero-order valence-electron chi connectivity index (χ0n) is 17.7. The minimum atomic E-state index is 0.176. The van der Waals surface area contributed by atoms with Crippen LogP contribution in [-0.2, 0) is 5.41 Å². The zero-order chi connectivity index (χ0) is 20.1. The summed E-state index contributed by atoms with van der Waals surface area (Å²) in [5.74, 6) is 0.530. The van der Waals surface area contributed by atoms with Gasteiger partial charge in [0.05, 0.1) is 10.4 Å². The van der Waals surface area contributed by atoms with Gasteiger partial charge in [-0.05, 0) is 40.7 Å². The van der Waals surface area contributed by atoms with Gasteiger partial charge in [-0.1, -0.05) is 77.1 Å². The summed E-state index contributed by atoms with van der Waals surface area (Å²) in [6.07, 6.45) is 0. The van der Waals surface area contributed by atoms with Crippen LogP contribution in [0.5, 0.6) is 0 Å². The van der Waals surface area contributed by atoms with Gasteiger partial charge < -0.3 is 4.90 Å². The maximum absolute atomic E-state index is 2.32. The first-order valence-corrected chi connectivity index (χ1v) is 10.9.